The van der Waals surface area contributed by atoms with Gasteiger partial charge in [0.05, 0.1) is 5.52 Å². The molecule has 0 aliphatic heterocycles. The van der Waals surface area contributed by atoms with Crippen LogP contribution in [0.5, 0.6) is 11.5 Å². The number of ether oxygens (including phenoxy) is 2. The fraction of sp³-hybridized carbons (Fsp3) is 0.385. The van der Waals surface area contributed by atoms with Gasteiger partial charge in [-0.2, -0.15) is 0 Å². The van der Waals surface area contributed by atoms with E-state index in [4.69, 9.17) is 0 Å². The highest BCUT2D eigenvalue weighted by molar-refractivity contribution is 5.84. The van der Waals surface area contributed by atoms with Crippen molar-refractivity contribution in [1.82, 2.24) is 9.97 Å². The summed E-state index contributed by atoms with van der Waals surface area (Å²) in [5.41, 5.74) is 0.279. The van der Waals surface area contributed by atoms with Gasteiger partial charge in [-0.3, -0.25) is 0 Å². The molecule has 0 fully saturated rings. The Morgan fingerprint density at radius 1 is 0.826 bits per heavy atom. The van der Waals surface area contributed by atoms with Crippen molar-refractivity contribution in [3.8, 4) is 11.5 Å². The lowest BCUT2D eigenvalue weighted by Crippen LogP contribution is -2.21. The fourth-order valence-corrected chi connectivity index (χ4v) is 1.60. The first kappa shape index (κ1) is 18.8. The van der Waals surface area contributed by atoms with Crippen LogP contribution in [0.3, 0.4) is 0 Å². The Balaban J connectivity index is 0.00000127. The second-order valence-corrected chi connectivity index (χ2v) is 3.87. The third-order valence-electron chi connectivity index (χ3n) is 2.35. The number of hydrogen-bond donors (Lipinski definition) is 0. The van der Waals surface area contributed by atoms with Crippen LogP contribution in [0.15, 0.2) is 18.5 Å². The normalized spacial score (nSPS) is 11.7. The zero-order chi connectivity index (χ0) is 17.8. The van der Waals surface area contributed by atoms with E-state index in [-0.39, 0.29) is 16.6 Å². The highest BCUT2D eigenvalue weighted by atomic mass is 19.4. The van der Waals surface area contributed by atoms with Crippen LogP contribution in [0, 0.1) is 6.92 Å². The summed E-state index contributed by atoms with van der Waals surface area (Å²) >= 11 is 0. The predicted octanol–water partition coefficient (Wildman–Crippen LogP) is 4.76. The lowest BCUT2D eigenvalue weighted by atomic mass is 10.2. The first-order valence-electron chi connectivity index (χ1n) is 6.32. The predicted molar refractivity (Wildman–Crippen MR) is 69.0 cm³/mol. The van der Waals surface area contributed by atoms with Crippen molar-refractivity contribution in [3.63, 3.8) is 0 Å². The lowest BCUT2D eigenvalue weighted by Gasteiger charge is -2.16. The molecule has 0 aliphatic carbocycles. The third-order valence-corrected chi connectivity index (χ3v) is 2.35. The van der Waals surface area contributed by atoms with Gasteiger partial charge in [-0.15, -0.1) is 26.3 Å². The topological polar surface area (TPSA) is 44.2 Å². The number of aromatic nitrogens is 2. The van der Waals surface area contributed by atoms with Gasteiger partial charge < -0.3 is 9.47 Å². The zero-order valence-corrected chi connectivity index (χ0v) is 12.2. The molecule has 0 unspecified atom stereocenters. The van der Waals surface area contributed by atoms with Gasteiger partial charge in [0.2, 0.25) is 0 Å². The van der Waals surface area contributed by atoms with Gasteiger partial charge >= 0.3 is 12.7 Å². The van der Waals surface area contributed by atoms with Crippen molar-refractivity contribution in [2.45, 2.75) is 33.5 Å². The maximum Gasteiger partial charge on any atom is 0.573 e. The van der Waals surface area contributed by atoms with Crippen molar-refractivity contribution in [2.24, 2.45) is 0 Å². The molecule has 2 rings (SSSR count). The molecule has 1 aromatic carbocycles. The Labute approximate surface area is 127 Å². The van der Waals surface area contributed by atoms with E-state index in [0.29, 0.717) is 6.07 Å². The first-order valence-corrected chi connectivity index (χ1v) is 6.32. The van der Waals surface area contributed by atoms with Crippen molar-refractivity contribution in [3.05, 3.63) is 24.2 Å². The molecule has 4 nitrogen and oxygen atoms in total. The van der Waals surface area contributed by atoms with E-state index >= 15 is 0 Å². The van der Waals surface area contributed by atoms with Gasteiger partial charge in [-0.1, -0.05) is 13.8 Å². The molecule has 128 valence electrons. The smallest absolute Gasteiger partial charge is 0.402 e. The summed E-state index contributed by atoms with van der Waals surface area (Å²) in [4.78, 5) is 7.41. The van der Waals surface area contributed by atoms with Crippen LogP contribution in [0.1, 0.15) is 19.5 Å². The van der Waals surface area contributed by atoms with E-state index in [1.54, 1.807) is 0 Å². The molecule has 10 heteroatoms. The molecule has 0 aliphatic rings. The summed E-state index contributed by atoms with van der Waals surface area (Å²) in [6, 6.07) is 1.46. The number of nitrogens with zero attached hydrogens (tertiary/aromatic N) is 2. The molecule has 0 amide bonds. The minimum atomic E-state index is -5.17. The number of rotatable bonds is 2. The molecule has 0 saturated heterocycles. The van der Waals surface area contributed by atoms with Crippen molar-refractivity contribution in [1.29, 1.82) is 0 Å². The van der Waals surface area contributed by atoms with E-state index in [1.807, 2.05) is 13.8 Å². The molecule has 0 spiro atoms. The van der Waals surface area contributed by atoms with Gasteiger partial charge in [-0.05, 0) is 13.0 Å². The summed E-state index contributed by atoms with van der Waals surface area (Å²) in [5, 5.41) is 0.117. The summed E-state index contributed by atoms with van der Waals surface area (Å²) in [5.74, 6) is -2.25. The number of halogens is 6. The van der Waals surface area contributed by atoms with Gasteiger partial charge in [0.25, 0.3) is 0 Å². The van der Waals surface area contributed by atoms with Crippen LogP contribution in [-0.4, -0.2) is 22.7 Å². The average Bonchev–Trinajstić information content (AvgIpc) is 2.39. The Bertz CT molecular complexity index is 670. The molecule has 0 saturated carbocycles. The van der Waals surface area contributed by atoms with E-state index in [9.17, 15) is 26.3 Å². The van der Waals surface area contributed by atoms with Crippen LogP contribution in [0.4, 0.5) is 26.3 Å². The lowest BCUT2D eigenvalue weighted by molar-refractivity contribution is -0.287. The molecular formula is C13H12F6N2O2. The van der Waals surface area contributed by atoms with Crippen LogP contribution in [-0.2, 0) is 0 Å². The minimum absolute atomic E-state index is 0.00345. The molecule has 1 aromatic heterocycles. The summed E-state index contributed by atoms with van der Waals surface area (Å²) in [6.45, 7) is 5.46. The highest BCUT2D eigenvalue weighted by Gasteiger charge is 2.37. The zero-order valence-electron chi connectivity index (χ0n) is 12.2. The van der Waals surface area contributed by atoms with Crippen LogP contribution in [0.25, 0.3) is 10.9 Å². The SMILES string of the molecule is CC.Cc1ncnc2cc(OC(F)(F)F)c(OC(F)(F)F)cc12. The number of fused-ring (bicyclic) bond motifs is 1. The Hall–Kier alpha value is -2.26. The first-order chi connectivity index (χ1) is 10.6. The maximum atomic E-state index is 12.3. The Morgan fingerprint density at radius 3 is 1.78 bits per heavy atom. The standard InChI is InChI=1S/C11H6F6N2O2.C2H6/c1-5-6-2-8(20-10(12,13)14)9(21-11(15,16)17)3-7(6)19-4-18-5;1-2/h2-4H,1H3;1-2H3. The van der Waals surface area contributed by atoms with Crippen molar-refractivity contribution >= 4 is 10.9 Å². The van der Waals surface area contributed by atoms with E-state index in [0.717, 1.165) is 12.4 Å². The van der Waals surface area contributed by atoms with Gasteiger partial charge in [-0.25, -0.2) is 9.97 Å². The summed E-state index contributed by atoms with van der Waals surface area (Å²) in [7, 11) is 0. The third kappa shape index (κ3) is 5.46. The van der Waals surface area contributed by atoms with Gasteiger partial charge in [0.1, 0.15) is 6.33 Å². The molecule has 0 bridgehead atoms. The minimum Gasteiger partial charge on any atom is -0.402 e. The fourth-order valence-electron chi connectivity index (χ4n) is 1.60. The van der Waals surface area contributed by atoms with E-state index < -0.39 is 24.2 Å². The quantitative estimate of drug-likeness (QED) is 0.738. The molecule has 0 atom stereocenters. The highest BCUT2D eigenvalue weighted by Crippen LogP contribution is 2.38. The van der Waals surface area contributed by atoms with Crippen LogP contribution >= 0.6 is 0 Å². The average molecular weight is 342 g/mol. The summed E-state index contributed by atoms with van der Waals surface area (Å²) in [6.07, 6.45) is -9.26. The van der Waals surface area contributed by atoms with Crippen LogP contribution < -0.4 is 9.47 Å². The van der Waals surface area contributed by atoms with Crippen molar-refractivity contribution in [2.75, 3.05) is 0 Å². The number of alkyl halides is 6. The molecule has 1 heterocycles. The molecular weight excluding hydrogens is 330 g/mol. The largest absolute Gasteiger partial charge is 0.573 e. The van der Waals surface area contributed by atoms with Crippen molar-refractivity contribution < 1.29 is 35.8 Å². The Morgan fingerprint density at radius 2 is 1.30 bits per heavy atom. The van der Waals surface area contributed by atoms with Gasteiger partial charge in [0, 0.05) is 17.1 Å². The monoisotopic (exact) mass is 342 g/mol. The van der Waals surface area contributed by atoms with Gasteiger partial charge in [0.15, 0.2) is 11.5 Å². The molecule has 0 radical (unpaired) electrons. The second-order valence-electron chi connectivity index (χ2n) is 3.87. The van der Waals surface area contributed by atoms with Crippen LogP contribution in [0.2, 0.25) is 0 Å². The second kappa shape index (κ2) is 6.88. The Kier molecular flexibility index (Phi) is 5.62. The van der Waals surface area contributed by atoms with E-state index in [2.05, 4.69) is 19.4 Å². The number of aryl methyl sites for hydroxylation is 1. The number of hydrogen-bond acceptors (Lipinski definition) is 4. The molecule has 0 N–H and O–H groups in total. The number of benzene rings is 1. The molecule has 2 aromatic rings. The summed E-state index contributed by atoms with van der Waals surface area (Å²) < 4.78 is 80.6. The maximum absolute atomic E-state index is 12.3. The molecule has 23 heavy (non-hydrogen) atoms. The van der Waals surface area contributed by atoms with E-state index in [1.165, 1.54) is 6.92 Å².